The molecule has 4 nitrogen and oxygen atoms in total. The fourth-order valence-corrected chi connectivity index (χ4v) is 2.04. The average molecular weight is 197 g/mol. The van der Waals surface area contributed by atoms with Crippen molar-refractivity contribution in [1.29, 1.82) is 0 Å². The van der Waals surface area contributed by atoms with Crippen molar-refractivity contribution in [3.63, 3.8) is 0 Å². The first-order valence-electron chi connectivity index (χ1n) is 5.22. The van der Waals surface area contributed by atoms with Gasteiger partial charge in [0.2, 0.25) is 5.91 Å². The molecule has 2 aliphatic rings. The third-order valence-corrected chi connectivity index (χ3v) is 2.88. The molecule has 14 heavy (non-hydrogen) atoms. The second kappa shape index (κ2) is 3.98. The van der Waals surface area contributed by atoms with E-state index in [0.717, 1.165) is 25.9 Å². The molecule has 0 aromatic heterocycles. The summed E-state index contributed by atoms with van der Waals surface area (Å²) in [5.74, 6) is -0.337. The zero-order valence-electron chi connectivity index (χ0n) is 8.20. The molecule has 0 saturated carbocycles. The van der Waals surface area contributed by atoms with Gasteiger partial charge in [-0.25, -0.2) is 0 Å². The Balaban J connectivity index is 1.90. The summed E-state index contributed by atoms with van der Waals surface area (Å²) in [5.41, 5.74) is 0. The molecule has 2 saturated heterocycles. The number of cyclic esters (lactones) is 1. The Hall–Kier alpha value is -1.06. The lowest BCUT2D eigenvalue weighted by Gasteiger charge is -2.28. The van der Waals surface area contributed by atoms with E-state index >= 15 is 0 Å². The van der Waals surface area contributed by atoms with Crippen molar-refractivity contribution in [2.45, 2.75) is 25.7 Å². The van der Waals surface area contributed by atoms with E-state index in [1.54, 1.807) is 0 Å². The van der Waals surface area contributed by atoms with Crippen LogP contribution in [-0.2, 0) is 14.3 Å². The van der Waals surface area contributed by atoms with Crippen LogP contribution >= 0.6 is 0 Å². The van der Waals surface area contributed by atoms with E-state index in [-0.39, 0.29) is 30.8 Å². The van der Waals surface area contributed by atoms with Crippen LogP contribution in [0.5, 0.6) is 0 Å². The highest BCUT2D eigenvalue weighted by atomic mass is 16.5. The first-order chi connectivity index (χ1) is 6.77. The summed E-state index contributed by atoms with van der Waals surface area (Å²) in [7, 11) is 0. The molecular weight excluding hydrogens is 182 g/mol. The van der Waals surface area contributed by atoms with E-state index in [0.29, 0.717) is 0 Å². The lowest BCUT2D eigenvalue weighted by Crippen LogP contribution is -2.39. The molecule has 0 radical (unpaired) electrons. The fraction of sp³-hybridized carbons (Fsp3) is 0.800. The number of hydrogen-bond donors (Lipinski definition) is 0. The van der Waals surface area contributed by atoms with E-state index in [1.165, 1.54) is 6.42 Å². The normalized spacial score (nSPS) is 27.6. The molecule has 78 valence electrons. The molecule has 0 bridgehead atoms. The number of amides is 1. The van der Waals surface area contributed by atoms with Gasteiger partial charge in [-0.15, -0.1) is 0 Å². The Morgan fingerprint density at radius 3 is 2.57 bits per heavy atom. The second-order valence-electron chi connectivity index (χ2n) is 3.97. The summed E-state index contributed by atoms with van der Waals surface area (Å²) >= 11 is 0. The zero-order chi connectivity index (χ0) is 9.97. The van der Waals surface area contributed by atoms with Crippen LogP contribution in [0, 0.1) is 5.92 Å². The predicted molar refractivity (Wildman–Crippen MR) is 49.5 cm³/mol. The molecule has 2 rings (SSSR count). The molecule has 0 unspecified atom stereocenters. The third kappa shape index (κ3) is 1.89. The number of nitrogens with zero attached hydrogens (tertiary/aromatic N) is 1. The monoisotopic (exact) mass is 197 g/mol. The first kappa shape index (κ1) is 9.49. The average Bonchev–Trinajstić information content (AvgIpc) is 2.65. The highest BCUT2D eigenvalue weighted by Gasteiger charge is 2.33. The molecule has 0 aliphatic carbocycles. The predicted octanol–water partition coefficient (Wildman–Crippen LogP) is 0.562. The fourth-order valence-electron chi connectivity index (χ4n) is 2.04. The first-order valence-corrected chi connectivity index (χ1v) is 5.22. The van der Waals surface area contributed by atoms with Crippen LogP contribution in [0.15, 0.2) is 0 Å². The third-order valence-electron chi connectivity index (χ3n) is 2.88. The van der Waals surface area contributed by atoms with Crippen LogP contribution in [0.2, 0.25) is 0 Å². The van der Waals surface area contributed by atoms with Crippen molar-refractivity contribution in [3.8, 4) is 0 Å². The summed E-state index contributed by atoms with van der Waals surface area (Å²) < 4.78 is 4.79. The van der Waals surface area contributed by atoms with E-state index in [9.17, 15) is 9.59 Å². The summed E-state index contributed by atoms with van der Waals surface area (Å²) in [5, 5.41) is 0. The van der Waals surface area contributed by atoms with Gasteiger partial charge in [-0.05, 0) is 19.3 Å². The number of carbonyl (C=O) groups is 2. The van der Waals surface area contributed by atoms with Crippen molar-refractivity contribution < 1.29 is 14.3 Å². The molecule has 1 amide bonds. The minimum Gasteiger partial charge on any atom is -0.465 e. The van der Waals surface area contributed by atoms with Crippen molar-refractivity contribution in [2.24, 2.45) is 5.92 Å². The summed E-state index contributed by atoms with van der Waals surface area (Å²) in [6, 6.07) is 0. The standard InChI is InChI=1S/C10H15NO3/c12-9-6-8(7-14-9)10(13)11-4-2-1-3-5-11/h8H,1-7H2/t8-/m0/s1. The summed E-state index contributed by atoms with van der Waals surface area (Å²) in [6.07, 6.45) is 3.67. The summed E-state index contributed by atoms with van der Waals surface area (Å²) in [4.78, 5) is 24.6. The lowest BCUT2D eigenvalue weighted by atomic mass is 10.0. The molecular formula is C10H15NO3. The Morgan fingerprint density at radius 2 is 2.00 bits per heavy atom. The quantitative estimate of drug-likeness (QED) is 0.577. The molecule has 0 N–H and O–H groups in total. The van der Waals surface area contributed by atoms with Crippen LogP contribution in [0.25, 0.3) is 0 Å². The van der Waals surface area contributed by atoms with Gasteiger partial charge in [0.15, 0.2) is 0 Å². The number of hydrogen-bond acceptors (Lipinski definition) is 3. The summed E-state index contributed by atoms with van der Waals surface area (Å²) in [6.45, 7) is 1.99. The number of rotatable bonds is 1. The van der Waals surface area contributed by atoms with E-state index in [1.807, 2.05) is 4.90 Å². The molecule has 2 aliphatic heterocycles. The van der Waals surface area contributed by atoms with Crippen molar-refractivity contribution in [3.05, 3.63) is 0 Å². The Bertz CT molecular complexity index is 246. The maximum atomic E-state index is 11.8. The molecule has 0 aromatic rings. The second-order valence-corrected chi connectivity index (χ2v) is 3.97. The smallest absolute Gasteiger partial charge is 0.306 e. The van der Waals surface area contributed by atoms with Crippen LogP contribution in [0.4, 0.5) is 0 Å². The van der Waals surface area contributed by atoms with Gasteiger partial charge in [-0.2, -0.15) is 0 Å². The van der Waals surface area contributed by atoms with Gasteiger partial charge in [-0.3, -0.25) is 9.59 Å². The van der Waals surface area contributed by atoms with Crippen LogP contribution in [0.3, 0.4) is 0 Å². The van der Waals surface area contributed by atoms with Gasteiger partial charge < -0.3 is 9.64 Å². The molecule has 1 atom stereocenters. The molecule has 2 heterocycles. The van der Waals surface area contributed by atoms with Crippen LogP contribution < -0.4 is 0 Å². The number of esters is 1. The maximum Gasteiger partial charge on any atom is 0.306 e. The molecule has 0 spiro atoms. The van der Waals surface area contributed by atoms with Crippen LogP contribution in [-0.4, -0.2) is 36.5 Å². The Labute approximate surface area is 83.2 Å². The number of ether oxygens (including phenoxy) is 1. The topological polar surface area (TPSA) is 46.6 Å². The molecule has 2 fully saturated rings. The van der Waals surface area contributed by atoms with Gasteiger partial charge in [0, 0.05) is 13.1 Å². The number of piperidine rings is 1. The maximum absolute atomic E-state index is 11.8. The van der Waals surface area contributed by atoms with E-state index in [4.69, 9.17) is 4.74 Å². The number of carbonyl (C=O) groups excluding carboxylic acids is 2. The van der Waals surface area contributed by atoms with Gasteiger partial charge in [0.1, 0.15) is 6.61 Å². The SMILES string of the molecule is O=C1C[C@H](C(=O)N2CCCCC2)CO1. The Morgan fingerprint density at radius 1 is 1.29 bits per heavy atom. The minimum absolute atomic E-state index is 0.107. The molecule has 0 aromatic carbocycles. The largest absolute Gasteiger partial charge is 0.465 e. The van der Waals surface area contributed by atoms with Crippen molar-refractivity contribution in [1.82, 2.24) is 4.90 Å². The number of likely N-dealkylation sites (tertiary alicyclic amines) is 1. The van der Waals surface area contributed by atoms with Crippen molar-refractivity contribution >= 4 is 11.9 Å². The lowest BCUT2D eigenvalue weighted by molar-refractivity contribution is -0.138. The minimum atomic E-state index is -0.236. The van der Waals surface area contributed by atoms with Crippen LogP contribution in [0.1, 0.15) is 25.7 Å². The highest BCUT2D eigenvalue weighted by molar-refractivity contribution is 5.86. The van der Waals surface area contributed by atoms with Gasteiger partial charge in [-0.1, -0.05) is 0 Å². The van der Waals surface area contributed by atoms with Crippen molar-refractivity contribution in [2.75, 3.05) is 19.7 Å². The van der Waals surface area contributed by atoms with Gasteiger partial charge >= 0.3 is 5.97 Å². The van der Waals surface area contributed by atoms with Gasteiger partial charge in [0.05, 0.1) is 12.3 Å². The molecule has 4 heteroatoms. The van der Waals surface area contributed by atoms with E-state index in [2.05, 4.69) is 0 Å². The zero-order valence-corrected chi connectivity index (χ0v) is 8.20. The van der Waals surface area contributed by atoms with E-state index < -0.39 is 0 Å². The van der Waals surface area contributed by atoms with Gasteiger partial charge in [0.25, 0.3) is 0 Å². The Kier molecular flexibility index (Phi) is 2.70. The highest BCUT2D eigenvalue weighted by Crippen LogP contribution is 2.19.